The van der Waals surface area contributed by atoms with Crippen molar-refractivity contribution in [1.29, 1.82) is 0 Å². The first kappa shape index (κ1) is 10.5. The summed E-state index contributed by atoms with van der Waals surface area (Å²) >= 11 is 3.29. The van der Waals surface area contributed by atoms with E-state index in [0.717, 1.165) is 17.1 Å². The van der Waals surface area contributed by atoms with Gasteiger partial charge >= 0.3 is 0 Å². The maximum absolute atomic E-state index is 9.07. The Balaban J connectivity index is 0.000000461. The van der Waals surface area contributed by atoms with E-state index in [0.29, 0.717) is 5.75 Å². The van der Waals surface area contributed by atoms with Crippen LogP contribution >= 0.6 is 15.9 Å². The number of phenols is 1. The summed E-state index contributed by atoms with van der Waals surface area (Å²) in [6.45, 7) is 1.86. The molecule has 11 heavy (non-hydrogen) atoms. The highest BCUT2D eigenvalue weighted by Gasteiger charge is 1.96. The number of rotatable bonds is 0. The summed E-state index contributed by atoms with van der Waals surface area (Å²) in [7, 11) is 1.00. The van der Waals surface area contributed by atoms with Gasteiger partial charge in [0, 0.05) is 17.1 Å². The molecule has 0 saturated heterocycles. The second-order valence-electron chi connectivity index (χ2n) is 1.88. The fraction of sp³-hybridized carbons (Fsp3) is 0.250. The monoisotopic (exact) mass is 218 g/mol. The third-order valence-corrected chi connectivity index (χ3v) is 2.10. The third kappa shape index (κ3) is 2.91. The minimum Gasteiger partial charge on any atom is -0.508 e. The van der Waals surface area contributed by atoms with Crippen LogP contribution in [0.3, 0.4) is 0 Å². The normalized spacial score (nSPS) is 8.36. The lowest BCUT2D eigenvalue weighted by Crippen LogP contribution is -1.74. The zero-order chi connectivity index (χ0) is 8.85. The maximum atomic E-state index is 9.07. The van der Waals surface area contributed by atoms with Crippen LogP contribution in [0.4, 0.5) is 0 Å². The summed E-state index contributed by atoms with van der Waals surface area (Å²) < 4.78 is 0.947. The molecule has 0 heterocycles. The molecule has 1 rings (SSSR count). The summed E-state index contributed by atoms with van der Waals surface area (Å²) in [4.78, 5) is 0. The van der Waals surface area contributed by atoms with Crippen molar-refractivity contribution < 1.29 is 10.2 Å². The molecule has 0 amide bonds. The molecule has 3 heteroatoms. The largest absolute Gasteiger partial charge is 0.508 e. The van der Waals surface area contributed by atoms with Crippen LogP contribution < -0.4 is 0 Å². The quantitative estimate of drug-likeness (QED) is 0.701. The van der Waals surface area contributed by atoms with Crippen molar-refractivity contribution in [3.63, 3.8) is 0 Å². The van der Waals surface area contributed by atoms with E-state index in [2.05, 4.69) is 15.9 Å². The molecular formula is C8H11BrO2. The van der Waals surface area contributed by atoms with E-state index in [1.807, 2.05) is 13.0 Å². The van der Waals surface area contributed by atoms with Gasteiger partial charge in [-0.25, -0.2) is 0 Å². The van der Waals surface area contributed by atoms with Gasteiger partial charge in [0.05, 0.1) is 0 Å². The summed E-state index contributed by atoms with van der Waals surface area (Å²) in [5.41, 5.74) is 0.887. The Morgan fingerprint density at radius 3 is 2.18 bits per heavy atom. The number of aromatic hydroxyl groups is 1. The SMILES string of the molecule is CO.Cc1c(O)cccc1Br. The highest BCUT2D eigenvalue weighted by atomic mass is 79.9. The fourth-order valence-corrected chi connectivity index (χ4v) is 0.952. The minimum atomic E-state index is 0.337. The molecule has 0 aromatic heterocycles. The molecule has 62 valence electrons. The van der Waals surface area contributed by atoms with E-state index in [1.54, 1.807) is 12.1 Å². The van der Waals surface area contributed by atoms with E-state index in [9.17, 15) is 0 Å². The van der Waals surface area contributed by atoms with Gasteiger partial charge in [-0.2, -0.15) is 0 Å². The molecule has 1 aromatic rings. The van der Waals surface area contributed by atoms with E-state index in [4.69, 9.17) is 10.2 Å². The Hall–Kier alpha value is -0.540. The van der Waals surface area contributed by atoms with Crippen molar-refractivity contribution in [2.24, 2.45) is 0 Å². The number of hydrogen-bond donors (Lipinski definition) is 2. The molecule has 0 aliphatic rings. The maximum Gasteiger partial charge on any atom is 0.119 e. The first-order valence-corrected chi connectivity index (χ1v) is 3.90. The van der Waals surface area contributed by atoms with E-state index in [-0.39, 0.29) is 0 Å². The number of halogens is 1. The van der Waals surface area contributed by atoms with Gasteiger partial charge in [-0.3, -0.25) is 0 Å². The van der Waals surface area contributed by atoms with Crippen LogP contribution in [0, 0.1) is 6.92 Å². The van der Waals surface area contributed by atoms with Crippen molar-refractivity contribution in [2.45, 2.75) is 6.92 Å². The van der Waals surface area contributed by atoms with Gasteiger partial charge in [-0.1, -0.05) is 22.0 Å². The standard InChI is InChI=1S/C7H7BrO.CH4O/c1-5-6(8)3-2-4-7(5)9;1-2/h2-4,9H,1H3;2H,1H3. The van der Waals surface area contributed by atoms with Crippen LogP contribution in [-0.2, 0) is 0 Å². The van der Waals surface area contributed by atoms with Gasteiger partial charge in [0.25, 0.3) is 0 Å². The van der Waals surface area contributed by atoms with E-state index >= 15 is 0 Å². The topological polar surface area (TPSA) is 40.5 Å². The zero-order valence-electron chi connectivity index (χ0n) is 6.50. The number of phenolic OH excluding ortho intramolecular Hbond substituents is 1. The van der Waals surface area contributed by atoms with Gasteiger partial charge in [0.1, 0.15) is 5.75 Å². The molecule has 2 nitrogen and oxygen atoms in total. The van der Waals surface area contributed by atoms with Crippen molar-refractivity contribution in [3.8, 4) is 5.75 Å². The van der Waals surface area contributed by atoms with Gasteiger partial charge < -0.3 is 10.2 Å². The molecule has 0 fully saturated rings. The van der Waals surface area contributed by atoms with Crippen LogP contribution in [0.5, 0.6) is 5.75 Å². The lowest BCUT2D eigenvalue weighted by atomic mass is 10.2. The number of hydrogen-bond acceptors (Lipinski definition) is 2. The van der Waals surface area contributed by atoms with E-state index in [1.165, 1.54) is 0 Å². The number of benzene rings is 1. The van der Waals surface area contributed by atoms with Gasteiger partial charge in [0.2, 0.25) is 0 Å². The Morgan fingerprint density at radius 1 is 1.27 bits per heavy atom. The average molecular weight is 219 g/mol. The average Bonchev–Trinajstić information content (AvgIpc) is 2.04. The molecule has 0 aliphatic heterocycles. The molecule has 0 aliphatic carbocycles. The predicted octanol–water partition coefficient (Wildman–Crippen LogP) is 2.07. The molecule has 0 atom stereocenters. The summed E-state index contributed by atoms with van der Waals surface area (Å²) in [6, 6.07) is 5.36. The smallest absolute Gasteiger partial charge is 0.119 e. The van der Waals surface area contributed by atoms with Crippen molar-refractivity contribution in [1.82, 2.24) is 0 Å². The molecule has 0 radical (unpaired) electrons. The van der Waals surface area contributed by atoms with E-state index < -0.39 is 0 Å². The molecule has 2 N–H and O–H groups in total. The van der Waals surface area contributed by atoms with Gasteiger partial charge in [0.15, 0.2) is 0 Å². The Bertz CT molecular complexity index is 203. The first-order chi connectivity index (χ1) is 5.22. The summed E-state index contributed by atoms with van der Waals surface area (Å²) in [5.74, 6) is 0.337. The molecule has 0 spiro atoms. The second-order valence-corrected chi connectivity index (χ2v) is 2.74. The van der Waals surface area contributed by atoms with Crippen molar-refractivity contribution in [3.05, 3.63) is 28.2 Å². The van der Waals surface area contributed by atoms with Crippen LogP contribution in [0.25, 0.3) is 0 Å². The third-order valence-electron chi connectivity index (χ3n) is 1.24. The van der Waals surface area contributed by atoms with Crippen molar-refractivity contribution in [2.75, 3.05) is 7.11 Å². The van der Waals surface area contributed by atoms with Crippen LogP contribution in [0.15, 0.2) is 22.7 Å². The molecule has 0 bridgehead atoms. The zero-order valence-corrected chi connectivity index (χ0v) is 8.09. The summed E-state index contributed by atoms with van der Waals surface area (Å²) in [5, 5.41) is 16.1. The minimum absolute atomic E-state index is 0.337. The number of aliphatic hydroxyl groups is 1. The van der Waals surface area contributed by atoms with Crippen LogP contribution in [0.2, 0.25) is 0 Å². The van der Waals surface area contributed by atoms with Crippen LogP contribution in [-0.4, -0.2) is 17.3 Å². The molecule has 0 saturated carbocycles. The van der Waals surface area contributed by atoms with Gasteiger partial charge in [-0.05, 0) is 19.1 Å². The Kier molecular flexibility index (Phi) is 4.90. The highest BCUT2D eigenvalue weighted by Crippen LogP contribution is 2.23. The highest BCUT2D eigenvalue weighted by molar-refractivity contribution is 9.10. The second kappa shape index (κ2) is 5.16. The van der Waals surface area contributed by atoms with Crippen molar-refractivity contribution >= 4 is 15.9 Å². The first-order valence-electron chi connectivity index (χ1n) is 3.10. The van der Waals surface area contributed by atoms with Crippen LogP contribution in [0.1, 0.15) is 5.56 Å². The molecule has 0 unspecified atom stereocenters. The van der Waals surface area contributed by atoms with Gasteiger partial charge in [-0.15, -0.1) is 0 Å². The fourth-order valence-electron chi connectivity index (χ4n) is 0.596. The lowest BCUT2D eigenvalue weighted by molar-refractivity contribution is 0.399. The molecular weight excluding hydrogens is 208 g/mol. The Labute approximate surface area is 74.6 Å². The summed E-state index contributed by atoms with van der Waals surface area (Å²) in [6.07, 6.45) is 0. The Morgan fingerprint density at radius 2 is 1.82 bits per heavy atom. The molecule has 1 aromatic carbocycles. The number of aliphatic hydroxyl groups excluding tert-OH is 1. The predicted molar refractivity (Wildman–Crippen MR) is 48.7 cm³/mol. The lowest BCUT2D eigenvalue weighted by Gasteiger charge is -1.97.